The Morgan fingerprint density at radius 2 is 1.12 bits per heavy atom. The minimum absolute atomic E-state index is 0.0343. The van der Waals surface area contributed by atoms with E-state index in [0.29, 0.717) is 0 Å². The highest BCUT2D eigenvalue weighted by Gasteiger charge is 2.12. The van der Waals surface area contributed by atoms with Gasteiger partial charge < -0.3 is 5.32 Å². The van der Waals surface area contributed by atoms with E-state index in [-0.39, 0.29) is 11.8 Å². The van der Waals surface area contributed by atoms with Crippen molar-refractivity contribution in [3.8, 4) is 0 Å². The smallest absolute Gasteiger partial charge is 0.230 e. The molecule has 1 rings (SSSR count). The molecule has 24 heavy (non-hydrogen) atoms. The second-order valence-electron chi connectivity index (χ2n) is 6.91. The molecule has 0 bridgehead atoms. The van der Waals surface area contributed by atoms with Crippen LogP contribution in [0.15, 0.2) is 24.3 Å². The lowest BCUT2D eigenvalue weighted by Crippen LogP contribution is -2.29. The molecule has 138 valence electrons. The molecule has 0 aromatic rings. The van der Waals surface area contributed by atoms with Crippen LogP contribution in [0.3, 0.4) is 0 Å². The Bertz CT molecular complexity index is 353. The molecule has 1 amide bonds. The first kappa shape index (κ1) is 21.3. The fraction of sp³-hybridized carbons (Fsp3) is 0.762. The molecule has 0 saturated carbocycles. The summed E-state index contributed by atoms with van der Waals surface area (Å²) < 4.78 is 0. The van der Waals surface area contributed by atoms with Gasteiger partial charge in [0, 0.05) is 6.54 Å². The highest BCUT2D eigenvalue weighted by Crippen LogP contribution is 2.13. The van der Waals surface area contributed by atoms with E-state index in [1.807, 2.05) is 24.3 Å². The molecule has 0 aliphatic heterocycles. The molecule has 2 nitrogen and oxygen atoms in total. The van der Waals surface area contributed by atoms with E-state index in [4.69, 9.17) is 0 Å². The van der Waals surface area contributed by atoms with Crippen molar-refractivity contribution < 1.29 is 4.79 Å². The molecule has 0 saturated heterocycles. The summed E-state index contributed by atoms with van der Waals surface area (Å²) in [4.78, 5) is 11.8. The Balaban J connectivity index is 1.72. The highest BCUT2D eigenvalue weighted by atomic mass is 32.1. The highest BCUT2D eigenvalue weighted by molar-refractivity contribution is 7.80. The van der Waals surface area contributed by atoms with Gasteiger partial charge in [-0.05, 0) is 18.6 Å². The number of carbonyl (C=O) groups is 1. The van der Waals surface area contributed by atoms with Crippen LogP contribution in [0.25, 0.3) is 0 Å². The fourth-order valence-corrected chi connectivity index (χ4v) is 3.34. The maximum atomic E-state index is 11.8. The van der Waals surface area contributed by atoms with Crippen molar-refractivity contribution in [3.05, 3.63) is 24.3 Å². The largest absolute Gasteiger partial charge is 0.355 e. The molecule has 0 radical (unpaired) electrons. The van der Waals surface area contributed by atoms with Gasteiger partial charge in [0.2, 0.25) is 5.91 Å². The van der Waals surface area contributed by atoms with Crippen LogP contribution in [0.1, 0.15) is 83.5 Å². The van der Waals surface area contributed by atoms with Crippen molar-refractivity contribution in [2.24, 2.45) is 5.92 Å². The first-order chi connectivity index (χ1) is 11.8. The molecule has 0 heterocycles. The second kappa shape index (κ2) is 15.8. The minimum atomic E-state index is -0.0343. The lowest BCUT2D eigenvalue weighted by atomic mass is 10.0. The molecule has 1 N–H and O–H groups in total. The molecule has 0 fully saturated rings. The number of nitrogens with one attached hydrogen (secondary N) is 1. The molecular formula is C21H37NOS. The van der Waals surface area contributed by atoms with E-state index in [0.717, 1.165) is 18.7 Å². The van der Waals surface area contributed by atoms with Gasteiger partial charge in [0.15, 0.2) is 0 Å². The Hall–Kier alpha value is -0.700. The van der Waals surface area contributed by atoms with Crippen molar-refractivity contribution in [2.75, 3.05) is 12.3 Å². The van der Waals surface area contributed by atoms with Crippen molar-refractivity contribution in [1.29, 1.82) is 0 Å². The number of unbranched alkanes of at least 4 members (excludes halogenated alkanes) is 12. The van der Waals surface area contributed by atoms with E-state index in [1.54, 1.807) is 0 Å². The minimum Gasteiger partial charge on any atom is -0.355 e. The van der Waals surface area contributed by atoms with Gasteiger partial charge in [-0.25, -0.2) is 0 Å². The number of carbonyl (C=O) groups excluding carboxylic acids is 1. The summed E-state index contributed by atoms with van der Waals surface area (Å²) in [6.45, 7) is 0.824. The lowest BCUT2D eigenvalue weighted by Gasteiger charge is -2.07. The maximum Gasteiger partial charge on any atom is 0.230 e. The van der Waals surface area contributed by atoms with E-state index < -0.39 is 0 Å². The third-order valence-corrected chi connectivity index (χ3v) is 5.00. The third-order valence-electron chi connectivity index (χ3n) is 4.68. The summed E-state index contributed by atoms with van der Waals surface area (Å²) in [6.07, 6.45) is 25.2. The van der Waals surface area contributed by atoms with Crippen LogP contribution in [0, 0.1) is 5.92 Å². The summed E-state index contributed by atoms with van der Waals surface area (Å²) >= 11 is 4.24. The van der Waals surface area contributed by atoms with Crippen LogP contribution < -0.4 is 5.32 Å². The predicted octanol–water partition coefficient (Wildman–Crippen LogP) is 5.85. The topological polar surface area (TPSA) is 29.1 Å². The van der Waals surface area contributed by atoms with E-state index in [2.05, 4.69) is 17.9 Å². The number of allylic oxidation sites excluding steroid dienone is 2. The molecule has 0 unspecified atom stereocenters. The normalized spacial score (nSPS) is 13.7. The Labute approximate surface area is 155 Å². The summed E-state index contributed by atoms with van der Waals surface area (Å²) in [6, 6.07) is 0. The van der Waals surface area contributed by atoms with Crippen LogP contribution in [-0.4, -0.2) is 18.2 Å². The van der Waals surface area contributed by atoms with Crippen molar-refractivity contribution in [1.82, 2.24) is 5.32 Å². The van der Waals surface area contributed by atoms with Gasteiger partial charge in [0.1, 0.15) is 0 Å². The van der Waals surface area contributed by atoms with Crippen molar-refractivity contribution in [2.45, 2.75) is 83.5 Å². The number of rotatable bonds is 16. The monoisotopic (exact) mass is 351 g/mol. The average Bonchev–Trinajstić information content (AvgIpc) is 3.13. The van der Waals surface area contributed by atoms with Crippen LogP contribution in [0.4, 0.5) is 0 Å². The second-order valence-corrected chi connectivity index (χ2v) is 7.35. The van der Waals surface area contributed by atoms with Gasteiger partial charge in [-0.1, -0.05) is 94.9 Å². The SMILES string of the molecule is O=C(NCCCCCCCCCCCCCCCS)C1C=CC=C1. The quantitative estimate of drug-likeness (QED) is 0.265. The van der Waals surface area contributed by atoms with Gasteiger partial charge in [0.25, 0.3) is 0 Å². The standard InChI is InChI=1S/C21H37NOS/c23-21(20-16-12-13-17-20)22-18-14-10-8-6-4-2-1-3-5-7-9-11-15-19-24/h12-13,16-17,20,24H,1-11,14-15,18-19H2,(H,22,23). The average molecular weight is 352 g/mol. The number of hydrogen-bond donors (Lipinski definition) is 2. The first-order valence-corrected chi connectivity index (χ1v) is 10.7. The third kappa shape index (κ3) is 11.8. The first-order valence-electron chi connectivity index (χ1n) is 10.1. The molecule has 0 spiro atoms. The summed E-state index contributed by atoms with van der Waals surface area (Å²) in [5.41, 5.74) is 0. The summed E-state index contributed by atoms with van der Waals surface area (Å²) in [5.74, 6) is 1.15. The number of amides is 1. The molecule has 0 aromatic heterocycles. The zero-order chi connectivity index (χ0) is 17.3. The molecular weight excluding hydrogens is 314 g/mol. The van der Waals surface area contributed by atoms with Crippen LogP contribution in [0.5, 0.6) is 0 Å². The van der Waals surface area contributed by atoms with Crippen LogP contribution in [-0.2, 0) is 4.79 Å². The maximum absolute atomic E-state index is 11.8. The Morgan fingerprint density at radius 3 is 1.58 bits per heavy atom. The fourth-order valence-electron chi connectivity index (χ4n) is 3.12. The van der Waals surface area contributed by atoms with Crippen molar-refractivity contribution >= 4 is 18.5 Å². The van der Waals surface area contributed by atoms with Gasteiger partial charge >= 0.3 is 0 Å². The van der Waals surface area contributed by atoms with Gasteiger partial charge in [-0.15, -0.1) is 0 Å². The molecule has 0 atom stereocenters. The van der Waals surface area contributed by atoms with Gasteiger partial charge in [0.05, 0.1) is 5.92 Å². The van der Waals surface area contributed by atoms with E-state index in [9.17, 15) is 4.79 Å². The van der Waals surface area contributed by atoms with Gasteiger partial charge in [-0.3, -0.25) is 4.79 Å². The molecule has 1 aliphatic carbocycles. The van der Waals surface area contributed by atoms with Crippen LogP contribution in [0.2, 0.25) is 0 Å². The van der Waals surface area contributed by atoms with Crippen molar-refractivity contribution in [3.63, 3.8) is 0 Å². The van der Waals surface area contributed by atoms with Gasteiger partial charge in [-0.2, -0.15) is 12.6 Å². The predicted molar refractivity (Wildman–Crippen MR) is 109 cm³/mol. The zero-order valence-corrected chi connectivity index (χ0v) is 16.2. The van der Waals surface area contributed by atoms with E-state index >= 15 is 0 Å². The zero-order valence-electron chi connectivity index (χ0n) is 15.3. The Kier molecular flexibility index (Phi) is 14.1. The Morgan fingerprint density at radius 1 is 0.708 bits per heavy atom. The molecule has 0 aromatic carbocycles. The summed E-state index contributed by atoms with van der Waals surface area (Å²) in [5, 5.41) is 3.02. The lowest BCUT2D eigenvalue weighted by molar-refractivity contribution is -0.122. The number of thiol groups is 1. The molecule has 3 heteroatoms. The van der Waals surface area contributed by atoms with Crippen LogP contribution >= 0.6 is 12.6 Å². The molecule has 1 aliphatic rings. The summed E-state index contributed by atoms with van der Waals surface area (Å²) in [7, 11) is 0. The van der Waals surface area contributed by atoms with E-state index in [1.165, 1.54) is 77.0 Å². The number of hydrogen-bond acceptors (Lipinski definition) is 2.